The van der Waals surface area contributed by atoms with Crippen LogP contribution in [0, 0.1) is 0 Å². The van der Waals surface area contributed by atoms with Gasteiger partial charge in [-0.2, -0.15) is 0 Å². The molecule has 7 rings (SSSR count). The molecule has 152 valence electrons. The Kier molecular flexibility index (Phi) is 3.10. The fraction of sp³-hybridized carbons (Fsp3) is 0.174. The van der Waals surface area contributed by atoms with Gasteiger partial charge in [-0.1, -0.05) is 24.3 Å². The number of anilines is 1. The van der Waals surface area contributed by atoms with Gasteiger partial charge in [0.25, 0.3) is 0 Å². The van der Waals surface area contributed by atoms with E-state index in [-0.39, 0.29) is 19.3 Å². The molecule has 3 aliphatic rings. The van der Waals surface area contributed by atoms with Gasteiger partial charge in [-0.05, 0) is 45.7 Å². The number of hydrogen-bond acceptors (Lipinski definition) is 7. The average molecular weight is 413 g/mol. The lowest BCUT2D eigenvalue weighted by atomic mass is 9.77. The second-order valence-electron chi connectivity index (χ2n) is 7.89. The van der Waals surface area contributed by atoms with Gasteiger partial charge in [-0.15, -0.1) is 0 Å². The minimum Gasteiger partial charge on any atom is -0.491 e. The molecule has 0 bridgehead atoms. The average Bonchev–Trinajstić information content (AvgIpc) is 3.56. The standard InChI is InChI=1S/C23H15N3O5/c27-22-23(11-28-19-9-21-20(8-15(19)23)29-12-30-21)14-3-1-2-4-18(14)26(22)10-13-5-6-16-17(7-13)25-31-24-16/h1-9H,10-12H2. The topological polar surface area (TPSA) is 86.9 Å². The Hall–Kier alpha value is -4.07. The number of aromatic nitrogens is 2. The third-order valence-corrected chi connectivity index (χ3v) is 6.30. The van der Waals surface area contributed by atoms with Crippen molar-refractivity contribution < 1.29 is 23.6 Å². The lowest BCUT2D eigenvalue weighted by molar-refractivity contribution is -0.122. The zero-order valence-corrected chi connectivity index (χ0v) is 16.2. The number of carbonyl (C=O) groups is 1. The van der Waals surface area contributed by atoms with Gasteiger partial charge in [0.1, 0.15) is 28.8 Å². The molecule has 4 heterocycles. The Bertz CT molecular complexity index is 1400. The molecule has 1 amide bonds. The summed E-state index contributed by atoms with van der Waals surface area (Å²) in [5.41, 5.74) is 3.99. The Morgan fingerprint density at radius 2 is 1.71 bits per heavy atom. The van der Waals surface area contributed by atoms with Crippen LogP contribution in [-0.4, -0.2) is 29.6 Å². The molecule has 0 saturated heterocycles. The summed E-state index contributed by atoms with van der Waals surface area (Å²) in [5.74, 6) is 1.91. The van der Waals surface area contributed by atoms with Gasteiger partial charge >= 0.3 is 0 Å². The van der Waals surface area contributed by atoms with Crippen molar-refractivity contribution in [2.45, 2.75) is 12.0 Å². The number of rotatable bonds is 2. The Balaban J connectivity index is 1.36. The van der Waals surface area contributed by atoms with Crippen LogP contribution in [0.3, 0.4) is 0 Å². The van der Waals surface area contributed by atoms with Crippen LogP contribution in [0.25, 0.3) is 11.0 Å². The summed E-state index contributed by atoms with van der Waals surface area (Å²) in [6.07, 6.45) is 0. The smallest absolute Gasteiger partial charge is 0.246 e. The fourth-order valence-corrected chi connectivity index (χ4v) is 4.83. The van der Waals surface area contributed by atoms with Crippen LogP contribution in [0.2, 0.25) is 0 Å². The molecule has 3 aromatic carbocycles. The normalized spacial score (nSPS) is 20.4. The van der Waals surface area contributed by atoms with Crippen molar-refractivity contribution in [3.8, 4) is 17.2 Å². The molecule has 31 heavy (non-hydrogen) atoms. The van der Waals surface area contributed by atoms with Crippen molar-refractivity contribution in [2.24, 2.45) is 0 Å². The van der Waals surface area contributed by atoms with Gasteiger partial charge in [0.2, 0.25) is 12.7 Å². The molecule has 0 radical (unpaired) electrons. The summed E-state index contributed by atoms with van der Waals surface area (Å²) in [6, 6.07) is 17.2. The molecule has 1 spiro atoms. The maximum atomic E-state index is 14.0. The molecule has 0 fully saturated rings. The van der Waals surface area contributed by atoms with Crippen LogP contribution >= 0.6 is 0 Å². The van der Waals surface area contributed by atoms with Gasteiger partial charge in [-0.25, -0.2) is 4.63 Å². The summed E-state index contributed by atoms with van der Waals surface area (Å²) in [4.78, 5) is 15.8. The van der Waals surface area contributed by atoms with Gasteiger partial charge in [0.15, 0.2) is 11.5 Å². The zero-order valence-electron chi connectivity index (χ0n) is 16.2. The Morgan fingerprint density at radius 1 is 0.871 bits per heavy atom. The highest BCUT2D eigenvalue weighted by atomic mass is 16.7. The number of fused-ring (bicyclic) bond motifs is 6. The number of carbonyl (C=O) groups excluding carboxylic acids is 1. The molecule has 8 heteroatoms. The van der Waals surface area contributed by atoms with E-state index in [2.05, 4.69) is 10.3 Å². The Labute approximate surface area is 175 Å². The molecular formula is C23H15N3O5. The van der Waals surface area contributed by atoms with Gasteiger partial charge in [0, 0.05) is 17.3 Å². The van der Waals surface area contributed by atoms with Crippen LogP contribution in [0.4, 0.5) is 5.69 Å². The molecule has 0 saturated carbocycles. The van der Waals surface area contributed by atoms with Crippen molar-refractivity contribution in [2.75, 3.05) is 18.3 Å². The van der Waals surface area contributed by atoms with Crippen LogP contribution in [0.15, 0.2) is 59.2 Å². The number of para-hydroxylation sites is 1. The number of ether oxygens (including phenoxy) is 3. The second-order valence-corrected chi connectivity index (χ2v) is 7.89. The van der Waals surface area contributed by atoms with E-state index in [0.29, 0.717) is 34.8 Å². The highest BCUT2D eigenvalue weighted by molar-refractivity contribution is 6.11. The van der Waals surface area contributed by atoms with E-state index >= 15 is 0 Å². The predicted octanol–water partition coefficient (Wildman–Crippen LogP) is 3.18. The predicted molar refractivity (Wildman–Crippen MR) is 108 cm³/mol. The monoisotopic (exact) mass is 413 g/mol. The van der Waals surface area contributed by atoms with Crippen LogP contribution < -0.4 is 19.1 Å². The first-order valence-corrected chi connectivity index (χ1v) is 9.94. The number of hydrogen-bond donors (Lipinski definition) is 0. The summed E-state index contributed by atoms with van der Waals surface area (Å²) < 4.78 is 21.9. The lowest BCUT2D eigenvalue weighted by Gasteiger charge is -2.23. The van der Waals surface area contributed by atoms with E-state index in [1.807, 2.05) is 59.5 Å². The van der Waals surface area contributed by atoms with E-state index in [1.165, 1.54) is 0 Å². The molecule has 1 unspecified atom stereocenters. The van der Waals surface area contributed by atoms with E-state index < -0.39 is 5.41 Å². The van der Waals surface area contributed by atoms with E-state index in [1.54, 1.807) is 0 Å². The second kappa shape index (κ2) is 5.75. The van der Waals surface area contributed by atoms with Crippen molar-refractivity contribution in [3.05, 3.63) is 71.3 Å². The third kappa shape index (κ3) is 2.11. The maximum Gasteiger partial charge on any atom is 0.246 e. The molecule has 8 nitrogen and oxygen atoms in total. The van der Waals surface area contributed by atoms with Crippen molar-refractivity contribution in [1.82, 2.24) is 10.3 Å². The molecule has 0 N–H and O–H groups in total. The summed E-state index contributed by atoms with van der Waals surface area (Å²) >= 11 is 0. The zero-order chi connectivity index (χ0) is 20.6. The van der Waals surface area contributed by atoms with E-state index in [0.717, 1.165) is 22.4 Å². The third-order valence-electron chi connectivity index (χ3n) is 6.30. The van der Waals surface area contributed by atoms with Gasteiger partial charge in [0.05, 0.1) is 6.54 Å². The van der Waals surface area contributed by atoms with E-state index in [9.17, 15) is 4.79 Å². The first kappa shape index (κ1) is 16.7. The minimum atomic E-state index is -0.910. The summed E-state index contributed by atoms with van der Waals surface area (Å²) in [6.45, 7) is 0.811. The largest absolute Gasteiger partial charge is 0.491 e. The Morgan fingerprint density at radius 3 is 2.65 bits per heavy atom. The fourth-order valence-electron chi connectivity index (χ4n) is 4.83. The maximum absolute atomic E-state index is 14.0. The first-order chi connectivity index (χ1) is 15.2. The quantitative estimate of drug-likeness (QED) is 0.499. The van der Waals surface area contributed by atoms with Crippen molar-refractivity contribution >= 4 is 22.6 Å². The number of nitrogens with zero attached hydrogens (tertiary/aromatic N) is 3. The van der Waals surface area contributed by atoms with Crippen LogP contribution in [0.5, 0.6) is 17.2 Å². The minimum absolute atomic E-state index is 0.0234. The van der Waals surface area contributed by atoms with Crippen LogP contribution in [0.1, 0.15) is 16.7 Å². The van der Waals surface area contributed by atoms with Crippen molar-refractivity contribution in [1.29, 1.82) is 0 Å². The van der Waals surface area contributed by atoms with Crippen LogP contribution in [-0.2, 0) is 16.8 Å². The van der Waals surface area contributed by atoms with Gasteiger partial charge in [-0.3, -0.25) is 4.79 Å². The molecule has 4 aromatic rings. The molecular weight excluding hydrogens is 398 g/mol. The highest BCUT2D eigenvalue weighted by Gasteiger charge is 2.57. The summed E-state index contributed by atoms with van der Waals surface area (Å²) in [5, 5.41) is 7.76. The van der Waals surface area contributed by atoms with E-state index in [4.69, 9.17) is 18.8 Å². The summed E-state index contributed by atoms with van der Waals surface area (Å²) in [7, 11) is 0. The molecule has 1 aromatic heterocycles. The van der Waals surface area contributed by atoms with Gasteiger partial charge < -0.3 is 19.1 Å². The van der Waals surface area contributed by atoms with Crippen molar-refractivity contribution in [3.63, 3.8) is 0 Å². The SMILES string of the molecule is O=C1N(Cc2ccc3nonc3c2)c2ccccc2C12COc1cc3c(cc12)OCO3. The number of amides is 1. The number of benzene rings is 3. The first-order valence-electron chi connectivity index (χ1n) is 9.94. The molecule has 1 atom stereocenters. The highest BCUT2D eigenvalue weighted by Crippen LogP contribution is 2.55. The lowest BCUT2D eigenvalue weighted by Crippen LogP contribution is -2.42. The molecule has 3 aliphatic heterocycles. The molecule has 0 aliphatic carbocycles.